The van der Waals surface area contributed by atoms with E-state index in [1.165, 1.54) is 18.2 Å². The Labute approximate surface area is 133 Å². The molecule has 0 aliphatic heterocycles. The predicted octanol–water partition coefficient (Wildman–Crippen LogP) is 5.59. The molecule has 2 aromatic carbocycles. The van der Waals surface area contributed by atoms with Crippen LogP contribution in [-0.2, 0) is 5.33 Å². The molecule has 0 amide bonds. The molecule has 7 heteroatoms. The lowest BCUT2D eigenvalue weighted by molar-refractivity contribution is -0.384. The fourth-order valence-electron chi connectivity index (χ4n) is 1.55. The van der Waals surface area contributed by atoms with E-state index in [1.807, 2.05) is 0 Å². The van der Waals surface area contributed by atoms with Crippen LogP contribution in [0.3, 0.4) is 0 Å². The maximum Gasteiger partial charge on any atom is 0.273 e. The van der Waals surface area contributed by atoms with E-state index in [2.05, 4.69) is 15.9 Å². The van der Waals surface area contributed by atoms with Crippen LogP contribution in [0.2, 0.25) is 10.0 Å². The molecule has 0 saturated heterocycles. The van der Waals surface area contributed by atoms with Gasteiger partial charge in [0.2, 0.25) is 0 Å². The smallest absolute Gasteiger partial charge is 0.273 e. The Hall–Kier alpha value is -1.30. The lowest BCUT2D eigenvalue weighted by atomic mass is 10.2. The van der Waals surface area contributed by atoms with Gasteiger partial charge in [-0.3, -0.25) is 10.1 Å². The van der Waals surface area contributed by atoms with E-state index in [0.717, 1.165) is 5.56 Å². The maximum absolute atomic E-state index is 10.8. The molecule has 104 valence electrons. The van der Waals surface area contributed by atoms with E-state index in [0.29, 0.717) is 21.1 Å². The van der Waals surface area contributed by atoms with Crippen LogP contribution in [0.4, 0.5) is 5.69 Å². The summed E-state index contributed by atoms with van der Waals surface area (Å²) in [6.07, 6.45) is 0. The average molecular weight is 377 g/mol. The second-order valence-electron chi connectivity index (χ2n) is 3.86. The van der Waals surface area contributed by atoms with Crippen molar-refractivity contribution < 1.29 is 9.66 Å². The van der Waals surface area contributed by atoms with Crippen molar-refractivity contribution in [3.05, 3.63) is 62.1 Å². The third kappa shape index (κ3) is 3.42. The topological polar surface area (TPSA) is 52.4 Å². The van der Waals surface area contributed by atoms with Crippen LogP contribution in [-0.4, -0.2) is 4.92 Å². The standard InChI is InChI=1S/C13H8BrCl2NO3/c14-7-8-5-9(15)1-4-12(8)20-13-6-10(17(18)19)2-3-11(13)16/h1-6H,7H2. The minimum Gasteiger partial charge on any atom is -0.455 e. The first-order valence-electron chi connectivity index (χ1n) is 5.47. The summed E-state index contributed by atoms with van der Waals surface area (Å²) in [7, 11) is 0. The number of nitro groups is 1. The van der Waals surface area contributed by atoms with E-state index in [-0.39, 0.29) is 11.4 Å². The van der Waals surface area contributed by atoms with Gasteiger partial charge in [-0.05, 0) is 24.3 Å². The lowest BCUT2D eigenvalue weighted by Crippen LogP contribution is -1.93. The molecule has 0 atom stereocenters. The SMILES string of the molecule is O=[N+]([O-])c1ccc(Cl)c(Oc2ccc(Cl)cc2CBr)c1. The van der Waals surface area contributed by atoms with Gasteiger partial charge in [0, 0.05) is 22.0 Å². The van der Waals surface area contributed by atoms with Crippen molar-refractivity contribution in [1.82, 2.24) is 0 Å². The van der Waals surface area contributed by atoms with Gasteiger partial charge in [-0.15, -0.1) is 0 Å². The maximum atomic E-state index is 10.8. The van der Waals surface area contributed by atoms with E-state index in [1.54, 1.807) is 18.2 Å². The predicted molar refractivity (Wildman–Crippen MR) is 82.3 cm³/mol. The van der Waals surface area contributed by atoms with Gasteiger partial charge in [0.05, 0.1) is 16.0 Å². The number of ether oxygens (including phenoxy) is 1. The number of halogens is 3. The Balaban J connectivity index is 2.39. The van der Waals surface area contributed by atoms with Crippen molar-refractivity contribution in [2.45, 2.75) is 5.33 Å². The summed E-state index contributed by atoms with van der Waals surface area (Å²) in [4.78, 5) is 10.3. The Morgan fingerprint density at radius 1 is 1.15 bits per heavy atom. The molecule has 0 bridgehead atoms. The van der Waals surface area contributed by atoms with Gasteiger partial charge in [-0.2, -0.15) is 0 Å². The highest BCUT2D eigenvalue weighted by molar-refractivity contribution is 9.08. The van der Waals surface area contributed by atoms with Crippen molar-refractivity contribution >= 4 is 44.8 Å². The van der Waals surface area contributed by atoms with Gasteiger partial charge >= 0.3 is 0 Å². The fourth-order valence-corrected chi connectivity index (χ4v) is 2.34. The third-order valence-electron chi connectivity index (χ3n) is 2.51. The molecular weight excluding hydrogens is 369 g/mol. The Morgan fingerprint density at radius 3 is 2.55 bits per heavy atom. The Morgan fingerprint density at radius 2 is 1.90 bits per heavy atom. The van der Waals surface area contributed by atoms with E-state index < -0.39 is 4.92 Å². The number of nitro benzene ring substituents is 1. The van der Waals surface area contributed by atoms with Crippen molar-refractivity contribution in [1.29, 1.82) is 0 Å². The summed E-state index contributed by atoms with van der Waals surface area (Å²) in [5, 5.41) is 12.2. The number of alkyl halides is 1. The van der Waals surface area contributed by atoms with Gasteiger partial charge in [-0.25, -0.2) is 0 Å². The molecule has 0 aliphatic rings. The zero-order chi connectivity index (χ0) is 14.7. The van der Waals surface area contributed by atoms with Crippen molar-refractivity contribution in [2.75, 3.05) is 0 Å². The summed E-state index contributed by atoms with van der Waals surface area (Å²) in [6, 6.07) is 9.15. The largest absolute Gasteiger partial charge is 0.455 e. The second-order valence-corrected chi connectivity index (χ2v) is 5.26. The molecule has 0 saturated carbocycles. The molecule has 2 rings (SSSR count). The van der Waals surface area contributed by atoms with Crippen LogP contribution in [0.25, 0.3) is 0 Å². The summed E-state index contributed by atoms with van der Waals surface area (Å²) in [5.41, 5.74) is 0.735. The molecule has 0 fully saturated rings. The Kier molecular flexibility index (Phi) is 4.86. The van der Waals surface area contributed by atoms with Crippen LogP contribution in [0, 0.1) is 10.1 Å². The second kappa shape index (κ2) is 6.43. The summed E-state index contributed by atoms with van der Waals surface area (Å²) < 4.78 is 5.65. The van der Waals surface area contributed by atoms with Crippen LogP contribution in [0.5, 0.6) is 11.5 Å². The number of hydrogen-bond acceptors (Lipinski definition) is 3. The monoisotopic (exact) mass is 375 g/mol. The number of non-ortho nitro benzene ring substituents is 1. The minimum atomic E-state index is -0.504. The molecule has 20 heavy (non-hydrogen) atoms. The molecule has 0 heterocycles. The van der Waals surface area contributed by atoms with Crippen LogP contribution >= 0.6 is 39.1 Å². The summed E-state index contributed by atoms with van der Waals surface area (Å²) in [5.74, 6) is 0.763. The molecular formula is C13H8BrCl2NO3. The van der Waals surface area contributed by atoms with Crippen molar-refractivity contribution in [2.24, 2.45) is 0 Å². The number of nitrogens with zero attached hydrogens (tertiary/aromatic N) is 1. The van der Waals surface area contributed by atoms with E-state index in [9.17, 15) is 10.1 Å². The number of benzene rings is 2. The summed E-state index contributed by atoms with van der Waals surface area (Å²) in [6.45, 7) is 0. The van der Waals surface area contributed by atoms with Crippen molar-refractivity contribution in [3.8, 4) is 11.5 Å². The van der Waals surface area contributed by atoms with Gasteiger partial charge < -0.3 is 4.74 Å². The highest BCUT2D eigenvalue weighted by atomic mass is 79.9. The zero-order valence-corrected chi connectivity index (χ0v) is 13.1. The molecule has 0 unspecified atom stereocenters. The highest BCUT2D eigenvalue weighted by Gasteiger charge is 2.13. The normalized spacial score (nSPS) is 10.3. The van der Waals surface area contributed by atoms with Crippen molar-refractivity contribution in [3.63, 3.8) is 0 Å². The lowest BCUT2D eigenvalue weighted by Gasteiger charge is -2.11. The highest BCUT2D eigenvalue weighted by Crippen LogP contribution is 2.35. The van der Waals surface area contributed by atoms with E-state index >= 15 is 0 Å². The molecule has 0 N–H and O–H groups in total. The zero-order valence-electron chi connectivity index (χ0n) is 9.98. The molecule has 0 radical (unpaired) electrons. The van der Waals surface area contributed by atoms with Crippen LogP contribution in [0.1, 0.15) is 5.56 Å². The molecule has 0 aliphatic carbocycles. The first-order chi connectivity index (χ1) is 9.51. The number of rotatable bonds is 4. The van der Waals surface area contributed by atoms with E-state index in [4.69, 9.17) is 27.9 Å². The third-order valence-corrected chi connectivity index (χ3v) is 3.66. The van der Waals surface area contributed by atoms with Gasteiger partial charge in [0.1, 0.15) is 5.75 Å². The molecule has 4 nitrogen and oxygen atoms in total. The molecule has 0 aromatic heterocycles. The Bertz CT molecular complexity index is 664. The van der Waals surface area contributed by atoms with Crippen LogP contribution < -0.4 is 4.74 Å². The summed E-state index contributed by atoms with van der Waals surface area (Å²) >= 11 is 15.2. The van der Waals surface area contributed by atoms with Crippen LogP contribution in [0.15, 0.2) is 36.4 Å². The molecule has 0 spiro atoms. The molecule has 2 aromatic rings. The number of hydrogen-bond donors (Lipinski definition) is 0. The fraction of sp³-hybridized carbons (Fsp3) is 0.0769. The minimum absolute atomic E-state index is 0.0845. The first kappa shape index (κ1) is 15.1. The first-order valence-corrected chi connectivity index (χ1v) is 7.35. The quantitative estimate of drug-likeness (QED) is 0.397. The van der Waals surface area contributed by atoms with Gasteiger partial charge in [0.25, 0.3) is 5.69 Å². The van der Waals surface area contributed by atoms with Gasteiger partial charge in [-0.1, -0.05) is 39.1 Å². The van der Waals surface area contributed by atoms with Gasteiger partial charge in [0.15, 0.2) is 5.75 Å². The average Bonchev–Trinajstić information content (AvgIpc) is 2.42.